The van der Waals surface area contributed by atoms with Crippen LogP contribution in [0.4, 0.5) is 4.39 Å². The topological polar surface area (TPSA) is 34.1 Å². The normalized spacial score (nSPS) is 11.0. The van der Waals surface area contributed by atoms with Crippen molar-refractivity contribution in [1.29, 1.82) is 0 Å². The van der Waals surface area contributed by atoms with E-state index < -0.39 is 5.82 Å². The molecule has 0 bridgehead atoms. The lowest BCUT2D eigenvalue weighted by atomic mass is 10.2. The molecule has 2 rings (SSSR count). The van der Waals surface area contributed by atoms with Gasteiger partial charge in [-0.3, -0.25) is 0 Å². The number of nitrogens with zero attached hydrogens (tertiary/aromatic N) is 1. The van der Waals surface area contributed by atoms with Crippen LogP contribution < -0.4 is 10.1 Å². The van der Waals surface area contributed by atoms with Gasteiger partial charge in [-0.1, -0.05) is 19.9 Å². The molecule has 0 unspecified atom stereocenters. The molecule has 5 heteroatoms. The summed E-state index contributed by atoms with van der Waals surface area (Å²) in [7, 11) is 0. The first-order valence-electron chi connectivity index (χ1n) is 6.78. The second kappa shape index (κ2) is 7.00. The number of hydrogen-bond acceptors (Lipinski definition) is 3. The van der Waals surface area contributed by atoms with Gasteiger partial charge in [0.25, 0.3) is 5.88 Å². The van der Waals surface area contributed by atoms with Crippen molar-refractivity contribution in [2.45, 2.75) is 33.4 Å². The lowest BCUT2D eigenvalue weighted by molar-refractivity contribution is 0.414. The Morgan fingerprint density at radius 3 is 2.76 bits per heavy atom. The Morgan fingerprint density at radius 1 is 1.33 bits per heavy atom. The Morgan fingerprint density at radius 2 is 2.10 bits per heavy atom. The van der Waals surface area contributed by atoms with Gasteiger partial charge in [0.15, 0.2) is 5.82 Å². The summed E-state index contributed by atoms with van der Waals surface area (Å²) >= 11 is 3.41. The highest BCUT2D eigenvalue weighted by Crippen LogP contribution is 2.31. The number of nitrogens with one attached hydrogen (secondary N) is 1. The van der Waals surface area contributed by atoms with Crippen molar-refractivity contribution in [1.82, 2.24) is 10.3 Å². The number of aryl methyl sites for hydroxylation is 1. The van der Waals surface area contributed by atoms with Crippen molar-refractivity contribution < 1.29 is 9.13 Å². The van der Waals surface area contributed by atoms with Crippen LogP contribution in [0.5, 0.6) is 11.6 Å². The summed E-state index contributed by atoms with van der Waals surface area (Å²) in [5.74, 6) is 0.0988. The highest BCUT2D eigenvalue weighted by molar-refractivity contribution is 9.10. The van der Waals surface area contributed by atoms with Crippen LogP contribution >= 0.6 is 15.9 Å². The maximum absolute atomic E-state index is 14.4. The molecule has 2 aromatic rings. The third-order valence-electron chi connectivity index (χ3n) is 2.93. The van der Waals surface area contributed by atoms with Gasteiger partial charge in [-0.25, -0.2) is 9.37 Å². The second-order valence-corrected chi connectivity index (χ2v) is 6.02. The Labute approximate surface area is 132 Å². The van der Waals surface area contributed by atoms with E-state index in [1.807, 2.05) is 32.9 Å². The molecule has 3 nitrogen and oxygen atoms in total. The Hall–Kier alpha value is -1.46. The van der Waals surface area contributed by atoms with Gasteiger partial charge in [0.2, 0.25) is 0 Å². The Balaban J connectivity index is 2.22. The van der Waals surface area contributed by atoms with E-state index in [9.17, 15) is 4.39 Å². The van der Waals surface area contributed by atoms with Gasteiger partial charge in [0, 0.05) is 24.3 Å². The van der Waals surface area contributed by atoms with E-state index in [0.717, 1.165) is 10.0 Å². The fraction of sp³-hybridized carbons (Fsp3) is 0.312. The molecule has 0 fully saturated rings. The maximum atomic E-state index is 14.4. The van der Waals surface area contributed by atoms with E-state index in [4.69, 9.17) is 4.74 Å². The molecular formula is C16H18BrFN2O. The highest BCUT2D eigenvalue weighted by Gasteiger charge is 2.13. The first kappa shape index (κ1) is 15.9. The van der Waals surface area contributed by atoms with Crippen molar-refractivity contribution in [3.8, 4) is 11.6 Å². The summed E-state index contributed by atoms with van der Waals surface area (Å²) in [6, 6.07) is 7.55. The van der Waals surface area contributed by atoms with Crippen LogP contribution in [0.3, 0.4) is 0 Å². The fourth-order valence-corrected chi connectivity index (χ4v) is 2.35. The molecule has 0 aliphatic rings. The van der Waals surface area contributed by atoms with Gasteiger partial charge in [0.05, 0.1) is 4.47 Å². The molecule has 0 saturated heterocycles. The molecule has 1 N–H and O–H groups in total. The number of hydrogen-bond donors (Lipinski definition) is 1. The third kappa shape index (κ3) is 4.25. The van der Waals surface area contributed by atoms with Crippen molar-refractivity contribution >= 4 is 15.9 Å². The number of aromatic nitrogens is 1. The molecule has 0 radical (unpaired) electrons. The third-order valence-corrected chi connectivity index (χ3v) is 3.55. The molecule has 21 heavy (non-hydrogen) atoms. The summed E-state index contributed by atoms with van der Waals surface area (Å²) in [6.07, 6.45) is 1.55. The summed E-state index contributed by atoms with van der Waals surface area (Å²) in [6.45, 7) is 6.45. The lowest BCUT2D eigenvalue weighted by Crippen LogP contribution is -2.22. The van der Waals surface area contributed by atoms with Crippen molar-refractivity contribution in [3.05, 3.63) is 51.9 Å². The minimum absolute atomic E-state index is 0.0115. The average Bonchev–Trinajstić information content (AvgIpc) is 2.42. The van der Waals surface area contributed by atoms with Crippen molar-refractivity contribution in [2.24, 2.45) is 0 Å². The van der Waals surface area contributed by atoms with Gasteiger partial charge < -0.3 is 10.1 Å². The lowest BCUT2D eigenvalue weighted by Gasteiger charge is -2.12. The standard InChI is InChI=1S/C16H18BrFN2O/c1-10(2)20-9-12-6-7-19-16(15(12)18)21-14-5-4-11(3)8-13(14)17/h4-8,10,20H,9H2,1-3H3. The van der Waals surface area contributed by atoms with E-state index in [0.29, 0.717) is 17.9 Å². The number of ether oxygens (including phenoxy) is 1. The molecule has 0 atom stereocenters. The van der Waals surface area contributed by atoms with Crippen LogP contribution in [0, 0.1) is 12.7 Å². The maximum Gasteiger partial charge on any atom is 0.256 e. The number of pyridine rings is 1. The Kier molecular flexibility index (Phi) is 5.31. The summed E-state index contributed by atoms with van der Waals surface area (Å²) < 4.78 is 20.7. The van der Waals surface area contributed by atoms with Gasteiger partial charge >= 0.3 is 0 Å². The molecule has 0 spiro atoms. The quantitative estimate of drug-likeness (QED) is 0.854. The van der Waals surface area contributed by atoms with Gasteiger partial charge in [-0.05, 0) is 46.6 Å². The van der Waals surface area contributed by atoms with Crippen LogP contribution in [-0.2, 0) is 6.54 Å². The molecule has 0 aliphatic heterocycles. The summed E-state index contributed by atoms with van der Waals surface area (Å²) in [5, 5.41) is 3.18. The van der Waals surface area contributed by atoms with Crippen LogP contribution in [0.1, 0.15) is 25.0 Å². The zero-order valence-corrected chi connectivity index (χ0v) is 13.9. The Bertz CT molecular complexity index is 632. The molecule has 0 saturated carbocycles. The molecule has 112 valence electrons. The fourth-order valence-electron chi connectivity index (χ4n) is 1.78. The van der Waals surface area contributed by atoms with E-state index >= 15 is 0 Å². The molecule has 1 aromatic carbocycles. The second-order valence-electron chi connectivity index (χ2n) is 5.16. The van der Waals surface area contributed by atoms with Crippen LogP contribution in [0.25, 0.3) is 0 Å². The largest absolute Gasteiger partial charge is 0.435 e. The molecule has 1 aromatic heterocycles. The zero-order valence-electron chi connectivity index (χ0n) is 12.3. The van der Waals surface area contributed by atoms with E-state index in [1.165, 1.54) is 0 Å². The van der Waals surface area contributed by atoms with Crippen LogP contribution in [-0.4, -0.2) is 11.0 Å². The van der Waals surface area contributed by atoms with E-state index in [1.54, 1.807) is 18.3 Å². The van der Waals surface area contributed by atoms with E-state index in [2.05, 4.69) is 26.2 Å². The molecule has 0 amide bonds. The minimum atomic E-state index is -0.432. The van der Waals surface area contributed by atoms with Gasteiger partial charge in [-0.15, -0.1) is 0 Å². The van der Waals surface area contributed by atoms with Crippen molar-refractivity contribution in [3.63, 3.8) is 0 Å². The monoisotopic (exact) mass is 352 g/mol. The predicted molar refractivity (Wildman–Crippen MR) is 85.1 cm³/mol. The SMILES string of the molecule is Cc1ccc(Oc2nccc(CNC(C)C)c2F)c(Br)c1. The zero-order chi connectivity index (χ0) is 15.4. The number of benzene rings is 1. The van der Waals surface area contributed by atoms with Gasteiger partial charge in [0.1, 0.15) is 5.75 Å². The van der Waals surface area contributed by atoms with Crippen LogP contribution in [0.15, 0.2) is 34.9 Å². The summed E-state index contributed by atoms with van der Waals surface area (Å²) in [5.41, 5.74) is 1.63. The first-order valence-corrected chi connectivity index (χ1v) is 7.57. The number of rotatable bonds is 5. The van der Waals surface area contributed by atoms with E-state index in [-0.39, 0.29) is 11.9 Å². The highest BCUT2D eigenvalue weighted by atomic mass is 79.9. The predicted octanol–water partition coefficient (Wildman–Crippen LogP) is 4.58. The smallest absolute Gasteiger partial charge is 0.256 e. The van der Waals surface area contributed by atoms with Crippen molar-refractivity contribution in [2.75, 3.05) is 0 Å². The average molecular weight is 353 g/mol. The first-order chi connectivity index (χ1) is 9.97. The number of halogens is 2. The molecule has 1 heterocycles. The van der Waals surface area contributed by atoms with Gasteiger partial charge in [-0.2, -0.15) is 0 Å². The minimum Gasteiger partial charge on any atom is -0.435 e. The molecular weight excluding hydrogens is 335 g/mol. The van der Waals surface area contributed by atoms with Crippen LogP contribution in [0.2, 0.25) is 0 Å². The molecule has 0 aliphatic carbocycles. The summed E-state index contributed by atoms with van der Waals surface area (Å²) in [4.78, 5) is 3.98.